The largest absolute Gasteiger partial charge is 0.465 e. The summed E-state index contributed by atoms with van der Waals surface area (Å²) in [5.74, 6) is 0.522. The Labute approximate surface area is 102 Å². The molecule has 0 saturated carbocycles. The van der Waals surface area contributed by atoms with E-state index in [4.69, 9.17) is 9.26 Å². The SMILES string of the molecule is CCOC(=O)C(CC)c1nc(C(C)CC)no1. The highest BCUT2D eigenvalue weighted by atomic mass is 16.5. The number of aromatic nitrogens is 2. The Hall–Kier alpha value is -1.39. The third-order valence-corrected chi connectivity index (χ3v) is 2.79. The summed E-state index contributed by atoms with van der Waals surface area (Å²) >= 11 is 0. The van der Waals surface area contributed by atoms with E-state index in [1.54, 1.807) is 6.92 Å². The summed E-state index contributed by atoms with van der Waals surface area (Å²) in [4.78, 5) is 16.0. The average Bonchev–Trinajstić information content (AvgIpc) is 2.79. The number of carbonyl (C=O) groups excluding carboxylic acids is 1. The van der Waals surface area contributed by atoms with Gasteiger partial charge in [0.1, 0.15) is 5.92 Å². The van der Waals surface area contributed by atoms with Gasteiger partial charge in [-0.15, -0.1) is 0 Å². The van der Waals surface area contributed by atoms with Gasteiger partial charge in [0.05, 0.1) is 6.61 Å². The second kappa shape index (κ2) is 6.37. The molecule has 1 heterocycles. The highest BCUT2D eigenvalue weighted by Gasteiger charge is 2.26. The smallest absolute Gasteiger partial charge is 0.318 e. The van der Waals surface area contributed by atoms with Crippen molar-refractivity contribution in [3.8, 4) is 0 Å². The molecule has 0 fully saturated rings. The first-order valence-electron chi connectivity index (χ1n) is 6.14. The Morgan fingerprint density at radius 1 is 1.35 bits per heavy atom. The van der Waals surface area contributed by atoms with Crippen LogP contribution in [-0.4, -0.2) is 22.7 Å². The van der Waals surface area contributed by atoms with E-state index in [1.165, 1.54) is 0 Å². The third kappa shape index (κ3) is 3.28. The molecular weight excluding hydrogens is 220 g/mol. The Balaban J connectivity index is 2.82. The highest BCUT2D eigenvalue weighted by molar-refractivity contribution is 5.76. The lowest BCUT2D eigenvalue weighted by molar-refractivity contribution is -0.145. The topological polar surface area (TPSA) is 65.2 Å². The first-order chi connectivity index (χ1) is 8.13. The minimum absolute atomic E-state index is 0.243. The second-order valence-corrected chi connectivity index (χ2v) is 4.01. The van der Waals surface area contributed by atoms with Crippen molar-refractivity contribution in [1.82, 2.24) is 10.1 Å². The van der Waals surface area contributed by atoms with E-state index in [9.17, 15) is 4.79 Å². The molecule has 5 nitrogen and oxygen atoms in total. The monoisotopic (exact) mass is 240 g/mol. The van der Waals surface area contributed by atoms with E-state index >= 15 is 0 Å². The maximum atomic E-state index is 11.7. The molecule has 0 aliphatic rings. The quantitative estimate of drug-likeness (QED) is 0.715. The predicted molar refractivity (Wildman–Crippen MR) is 62.7 cm³/mol. The lowest BCUT2D eigenvalue weighted by atomic mass is 10.1. The summed E-state index contributed by atoms with van der Waals surface area (Å²) in [6.07, 6.45) is 1.54. The third-order valence-electron chi connectivity index (χ3n) is 2.79. The summed E-state index contributed by atoms with van der Waals surface area (Å²) in [5, 5.41) is 3.90. The maximum absolute atomic E-state index is 11.7. The predicted octanol–water partition coefficient (Wildman–Crippen LogP) is 2.64. The summed E-state index contributed by atoms with van der Waals surface area (Å²) in [7, 11) is 0. The maximum Gasteiger partial charge on any atom is 0.318 e. The molecule has 17 heavy (non-hydrogen) atoms. The van der Waals surface area contributed by atoms with Crippen LogP contribution in [0.4, 0.5) is 0 Å². The summed E-state index contributed by atoms with van der Waals surface area (Å²) in [5.41, 5.74) is 0. The number of hydrogen-bond acceptors (Lipinski definition) is 5. The van der Waals surface area contributed by atoms with E-state index in [0.29, 0.717) is 24.7 Å². The van der Waals surface area contributed by atoms with Crippen LogP contribution in [0.2, 0.25) is 0 Å². The number of hydrogen-bond donors (Lipinski definition) is 0. The van der Waals surface area contributed by atoms with Gasteiger partial charge in [-0.05, 0) is 19.8 Å². The molecule has 1 aromatic rings. The van der Waals surface area contributed by atoms with Gasteiger partial charge in [-0.2, -0.15) is 4.98 Å². The first kappa shape index (κ1) is 13.7. The molecule has 1 rings (SSSR count). The van der Waals surface area contributed by atoms with Gasteiger partial charge in [0.2, 0.25) is 5.89 Å². The van der Waals surface area contributed by atoms with Crippen molar-refractivity contribution in [2.24, 2.45) is 0 Å². The van der Waals surface area contributed by atoms with Gasteiger partial charge < -0.3 is 9.26 Å². The standard InChI is InChI=1S/C12H20N2O3/c1-5-8(4)10-13-11(17-14-10)9(6-2)12(15)16-7-3/h8-9H,5-7H2,1-4H3. The van der Waals surface area contributed by atoms with Crippen LogP contribution < -0.4 is 0 Å². The molecule has 96 valence electrons. The van der Waals surface area contributed by atoms with Crippen LogP contribution in [0.3, 0.4) is 0 Å². The van der Waals surface area contributed by atoms with E-state index in [-0.39, 0.29) is 11.9 Å². The number of carbonyl (C=O) groups is 1. The van der Waals surface area contributed by atoms with Gasteiger partial charge in [-0.3, -0.25) is 4.79 Å². The van der Waals surface area contributed by atoms with Gasteiger partial charge in [0, 0.05) is 5.92 Å². The average molecular weight is 240 g/mol. The summed E-state index contributed by atoms with van der Waals surface area (Å²) in [6.45, 7) is 8.13. The van der Waals surface area contributed by atoms with Gasteiger partial charge >= 0.3 is 5.97 Å². The molecule has 0 spiro atoms. The molecule has 1 aromatic heterocycles. The lowest BCUT2D eigenvalue weighted by Gasteiger charge is -2.08. The number of esters is 1. The fraction of sp³-hybridized carbons (Fsp3) is 0.750. The Kier molecular flexibility index (Phi) is 5.12. The fourth-order valence-corrected chi connectivity index (χ4v) is 1.46. The van der Waals surface area contributed by atoms with E-state index < -0.39 is 5.92 Å². The molecule has 0 aliphatic carbocycles. The molecule has 0 saturated heterocycles. The zero-order chi connectivity index (χ0) is 12.8. The lowest BCUT2D eigenvalue weighted by Crippen LogP contribution is -2.15. The van der Waals surface area contributed by atoms with E-state index in [0.717, 1.165) is 6.42 Å². The van der Waals surface area contributed by atoms with Crippen molar-refractivity contribution in [2.75, 3.05) is 6.61 Å². The molecule has 0 radical (unpaired) electrons. The van der Waals surface area contributed by atoms with Crippen molar-refractivity contribution in [2.45, 2.75) is 52.4 Å². The van der Waals surface area contributed by atoms with Gasteiger partial charge in [-0.1, -0.05) is 25.9 Å². The molecule has 0 N–H and O–H groups in total. The van der Waals surface area contributed by atoms with Crippen LogP contribution in [0.15, 0.2) is 4.52 Å². The molecule has 2 atom stereocenters. The minimum Gasteiger partial charge on any atom is -0.465 e. The molecule has 0 amide bonds. The molecule has 0 aromatic carbocycles. The van der Waals surface area contributed by atoms with E-state index in [2.05, 4.69) is 17.1 Å². The zero-order valence-electron chi connectivity index (χ0n) is 10.9. The number of ether oxygens (including phenoxy) is 1. The second-order valence-electron chi connectivity index (χ2n) is 4.01. The Bertz CT molecular complexity index is 362. The summed E-state index contributed by atoms with van der Waals surface area (Å²) < 4.78 is 10.1. The Morgan fingerprint density at radius 2 is 2.06 bits per heavy atom. The Morgan fingerprint density at radius 3 is 2.59 bits per heavy atom. The molecule has 0 aliphatic heterocycles. The van der Waals surface area contributed by atoms with Crippen LogP contribution >= 0.6 is 0 Å². The van der Waals surface area contributed by atoms with Crippen LogP contribution in [0.25, 0.3) is 0 Å². The van der Waals surface area contributed by atoms with Crippen molar-refractivity contribution >= 4 is 5.97 Å². The highest BCUT2D eigenvalue weighted by Crippen LogP contribution is 2.22. The molecule has 0 bridgehead atoms. The molecule has 5 heteroatoms. The normalized spacial score (nSPS) is 14.4. The van der Waals surface area contributed by atoms with Gasteiger partial charge in [0.15, 0.2) is 5.82 Å². The van der Waals surface area contributed by atoms with E-state index in [1.807, 2.05) is 13.8 Å². The van der Waals surface area contributed by atoms with Gasteiger partial charge in [0.25, 0.3) is 0 Å². The molecule has 2 unspecified atom stereocenters. The zero-order valence-corrected chi connectivity index (χ0v) is 10.9. The van der Waals surface area contributed by atoms with Crippen molar-refractivity contribution in [3.05, 3.63) is 11.7 Å². The van der Waals surface area contributed by atoms with Crippen LogP contribution in [-0.2, 0) is 9.53 Å². The molecular formula is C12H20N2O3. The van der Waals surface area contributed by atoms with Crippen LogP contribution in [0.1, 0.15) is 64.1 Å². The minimum atomic E-state index is -0.444. The van der Waals surface area contributed by atoms with Crippen molar-refractivity contribution in [1.29, 1.82) is 0 Å². The number of nitrogens with zero attached hydrogens (tertiary/aromatic N) is 2. The fourth-order valence-electron chi connectivity index (χ4n) is 1.46. The van der Waals surface area contributed by atoms with Crippen LogP contribution in [0, 0.1) is 0 Å². The van der Waals surface area contributed by atoms with Crippen molar-refractivity contribution in [3.63, 3.8) is 0 Å². The van der Waals surface area contributed by atoms with Crippen molar-refractivity contribution < 1.29 is 14.1 Å². The number of rotatable bonds is 6. The van der Waals surface area contributed by atoms with Gasteiger partial charge in [-0.25, -0.2) is 0 Å². The summed E-state index contributed by atoms with van der Waals surface area (Å²) in [6, 6.07) is 0. The first-order valence-corrected chi connectivity index (χ1v) is 6.14. The van der Waals surface area contributed by atoms with Crippen LogP contribution in [0.5, 0.6) is 0 Å².